The summed E-state index contributed by atoms with van der Waals surface area (Å²) in [7, 11) is 0. The molecule has 0 unspecified atom stereocenters. The van der Waals surface area contributed by atoms with Crippen LogP contribution in [-0.2, 0) is 0 Å². The van der Waals surface area contributed by atoms with Gasteiger partial charge in [-0.05, 0) is 84.1 Å². The average Bonchev–Trinajstić information content (AvgIpc) is 2.88. The summed E-state index contributed by atoms with van der Waals surface area (Å²) < 4.78 is 15.7. The predicted octanol–water partition coefficient (Wildman–Crippen LogP) is 10.6. The Morgan fingerprint density at radius 2 is 1.38 bits per heavy atom. The van der Waals surface area contributed by atoms with Gasteiger partial charge in [0, 0.05) is 5.56 Å². The van der Waals surface area contributed by atoms with Gasteiger partial charge in [-0.25, -0.2) is 4.39 Å². The lowest BCUT2D eigenvalue weighted by Gasteiger charge is -2.29. The van der Waals surface area contributed by atoms with E-state index in [1.807, 2.05) is 12.1 Å². The van der Waals surface area contributed by atoms with Crippen LogP contribution in [0.3, 0.4) is 0 Å². The molecular weight excluding hydrogens is 455 g/mol. The zero-order valence-corrected chi connectivity index (χ0v) is 22.9. The smallest absolute Gasteiger partial charge is 0.131 e. The van der Waals surface area contributed by atoms with Crippen LogP contribution in [-0.4, -0.2) is 11.5 Å². The van der Waals surface area contributed by atoms with Crippen LogP contribution in [0, 0.1) is 17.7 Å². The number of thioether (sulfide) groups is 2. The minimum Gasteiger partial charge on any atom is -0.206 e. The first-order valence-corrected chi connectivity index (χ1v) is 15.9. The summed E-state index contributed by atoms with van der Waals surface area (Å²) in [5, 5.41) is 0. The van der Waals surface area contributed by atoms with E-state index in [4.69, 9.17) is 0 Å². The quantitative estimate of drug-likeness (QED) is 0.299. The zero-order chi connectivity index (χ0) is 23.8. The van der Waals surface area contributed by atoms with E-state index in [1.165, 1.54) is 93.3 Å². The molecule has 2 fully saturated rings. The van der Waals surface area contributed by atoms with Crippen molar-refractivity contribution in [3.8, 4) is 11.1 Å². The Morgan fingerprint density at radius 3 is 2.03 bits per heavy atom. The van der Waals surface area contributed by atoms with Crippen LogP contribution < -0.4 is 0 Å². The topological polar surface area (TPSA) is 0 Å². The molecule has 34 heavy (non-hydrogen) atoms. The Morgan fingerprint density at radius 1 is 0.735 bits per heavy atom. The van der Waals surface area contributed by atoms with E-state index in [0.29, 0.717) is 10.5 Å². The van der Waals surface area contributed by atoms with Crippen LogP contribution in [0.4, 0.5) is 4.39 Å². The third kappa shape index (κ3) is 7.06. The molecule has 186 valence electrons. The fourth-order valence-corrected chi connectivity index (χ4v) is 8.87. The number of rotatable bonds is 10. The Labute approximate surface area is 216 Å². The highest BCUT2D eigenvalue weighted by molar-refractivity contribution is 8.16. The Balaban J connectivity index is 1.32. The van der Waals surface area contributed by atoms with Crippen LogP contribution in [0.25, 0.3) is 11.1 Å². The largest absolute Gasteiger partial charge is 0.206 e. The molecular formula is C31H43FS2. The fraction of sp³-hybridized carbons (Fsp3) is 0.613. The van der Waals surface area contributed by atoms with Gasteiger partial charge in [-0.3, -0.25) is 0 Å². The second-order valence-corrected chi connectivity index (χ2v) is 13.2. The highest BCUT2D eigenvalue weighted by Crippen LogP contribution is 2.47. The number of hydrogen-bond acceptors (Lipinski definition) is 2. The van der Waals surface area contributed by atoms with E-state index in [2.05, 4.69) is 67.7 Å². The molecule has 4 rings (SSSR count). The Hall–Kier alpha value is -0.930. The van der Waals surface area contributed by atoms with E-state index in [9.17, 15) is 0 Å². The third-order valence-electron chi connectivity index (χ3n) is 7.95. The molecule has 1 aliphatic heterocycles. The van der Waals surface area contributed by atoms with Crippen molar-refractivity contribution in [2.75, 3.05) is 11.5 Å². The first kappa shape index (κ1) is 26.1. The molecule has 1 saturated heterocycles. The van der Waals surface area contributed by atoms with Crippen molar-refractivity contribution in [1.29, 1.82) is 0 Å². The lowest BCUT2D eigenvalue weighted by atomic mass is 9.77. The zero-order valence-electron chi connectivity index (χ0n) is 21.2. The van der Waals surface area contributed by atoms with E-state index in [-0.39, 0.29) is 5.82 Å². The van der Waals surface area contributed by atoms with Gasteiger partial charge >= 0.3 is 0 Å². The van der Waals surface area contributed by atoms with Gasteiger partial charge in [-0.1, -0.05) is 88.8 Å². The molecule has 1 aliphatic carbocycles. The summed E-state index contributed by atoms with van der Waals surface area (Å²) in [6.45, 7) is 4.56. The lowest BCUT2D eigenvalue weighted by Crippen LogP contribution is -2.14. The number of hydrogen-bond donors (Lipinski definition) is 0. The van der Waals surface area contributed by atoms with Crippen LogP contribution in [0.2, 0.25) is 0 Å². The molecule has 2 aliphatic rings. The molecule has 0 radical (unpaired) electrons. The fourth-order valence-electron chi connectivity index (χ4n) is 5.70. The minimum absolute atomic E-state index is 0.0605. The van der Waals surface area contributed by atoms with Crippen molar-refractivity contribution in [3.63, 3.8) is 0 Å². The van der Waals surface area contributed by atoms with Crippen molar-refractivity contribution in [2.45, 2.75) is 95.0 Å². The van der Waals surface area contributed by atoms with E-state index < -0.39 is 0 Å². The van der Waals surface area contributed by atoms with Gasteiger partial charge in [0.2, 0.25) is 0 Å². The summed E-state index contributed by atoms with van der Waals surface area (Å²) >= 11 is 4.20. The average molecular weight is 499 g/mol. The standard InChI is InChI=1S/C31H43FS2/c1-3-5-7-9-24-21-33-31(34-22-24)27-16-14-26(15-17-27)29-19-18-28(20-30(29)32)25-12-10-23(11-13-25)8-6-4-2/h14-20,23-25,31H,3-13,21-22H2,1-2H3/t23?,24-,25?,31-. The molecule has 0 nitrogen and oxygen atoms in total. The van der Waals surface area contributed by atoms with Gasteiger partial charge in [0.15, 0.2) is 0 Å². The molecule has 3 heteroatoms. The first-order valence-electron chi connectivity index (χ1n) is 13.8. The van der Waals surface area contributed by atoms with Crippen molar-refractivity contribution < 1.29 is 4.39 Å². The van der Waals surface area contributed by atoms with Gasteiger partial charge in [0.25, 0.3) is 0 Å². The predicted molar refractivity (Wildman–Crippen MR) is 151 cm³/mol. The molecule has 2 aromatic carbocycles. The maximum atomic E-state index is 15.2. The molecule has 1 heterocycles. The lowest BCUT2D eigenvalue weighted by molar-refractivity contribution is 0.304. The normalized spacial score (nSPS) is 25.4. The summed E-state index contributed by atoms with van der Waals surface area (Å²) in [5.74, 6) is 4.80. The third-order valence-corrected chi connectivity index (χ3v) is 11.2. The highest BCUT2D eigenvalue weighted by atomic mass is 32.2. The van der Waals surface area contributed by atoms with E-state index >= 15 is 4.39 Å². The van der Waals surface area contributed by atoms with Crippen LogP contribution in [0.5, 0.6) is 0 Å². The van der Waals surface area contributed by atoms with Crippen molar-refractivity contribution in [1.82, 2.24) is 0 Å². The SMILES string of the molecule is CCCCC[C@H]1CS[C@H](c2ccc(-c3ccc(C4CCC(CCCC)CC4)cc3F)cc2)SC1. The van der Waals surface area contributed by atoms with Crippen molar-refractivity contribution >= 4 is 23.5 Å². The van der Waals surface area contributed by atoms with Gasteiger partial charge in [0.1, 0.15) is 5.82 Å². The molecule has 2 aromatic rings. The summed E-state index contributed by atoms with van der Waals surface area (Å²) in [4.78, 5) is 0. The van der Waals surface area contributed by atoms with E-state index in [1.54, 1.807) is 0 Å². The number of unbranched alkanes of at least 4 members (excludes halogenated alkanes) is 3. The highest BCUT2D eigenvalue weighted by Gasteiger charge is 2.24. The summed E-state index contributed by atoms with van der Waals surface area (Å²) in [6.07, 6.45) is 14.5. The molecule has 0 atom stereocenters. The number of halogens is 1. The first-order chi connectivity index (χ1) is 16.7. The second kappa shape index (κ2) is 13.4. The van der Waals surface area contributed by atoms with Gasteiger partial charge in [0.05, 0.1) is 4.58 Å². The maximum absolute atomic E-state index is 15.2. The molecule has 0 bridgehead atoms. The van der Waals surface area contributed by atoms with Gasteiger partial charge in [-0.15, -0.1) is 23.5 Å². The Kier molecular flexibility index (Phi) is 10.3. The minimum atomic E-state index is -0.0605. The van der Waals surface area contributed by atoms with Crippen LogP contribution >= 0.6 is 23.5 Å². The number of benzene rings is 2. The summed E-state index contributed by atoms with van der Waals surface area (Å²) in [6, 6.07) is 14.7. The summed E-state index contributed by atoms with van der Waals surface area (Å²) in [5.41, 5.74) is 4.32. The van der Waals surface area contributed by atoms with E-state index in [0.717, 1.165) is 23.0 Å². The molecule has 0 spiro atoms. The molecule has 0 N–H and O–H groups in total. The van der Waals surface area contributed by atoms with Crippen LogP contribution in [0.15, 0.2) is 42.5 Å². The molecule has 1 saturated carbocycles. The monoisotopic (exact) mass is 498 g/mol. The van der Waals surface area contributed by atoms with Crippen molar-refractivity contribution in [3.05, 3.63) is 59.4 Å². The van der Waals surface area contributed by atoms with Crippen LogP contribution in [0.1, 0.15) is 106 Å². The molecule has 0 amide bonds. The van der Waals surface area contributed by atoms with Gasteiger partial charge < -0.3 is 0 Å². The Bertz CT molecular complexity index is 862. The molecule has 0 aromatic heterocycles. The maximum Gasteiger partial charge on any atom is 0.131 e. The van der Waals surface area contributed by atoms with Crippen molar-refractivity contribution in [2.24, 2.45) is 11.8 Å². The second-order valence-electron chi connectivity index (χ2n) is 10.6. The van der Waals surface area contributed by atoms with Gasteiger partial charge in [-0.2, -0.15) is 0 Å².